The van der Waals surface area contributed by atoms with Crippen LogP contribution >= 0.6 is 0 Å². The van der Waals surface area contributed by atoms with Crippen LogP contribution in [0.4, 0.5) is 0 Å². The van der Waals surface area contributed by atoms with Crippen molar-refractivity contribution in [3.05, 3.63) is 29.3 Å². The van der Waals surface area contributed by atoms with Crippen LogP contribution in [-0.4, -0.2) is 23.5 Å². The topological polar surface area (TPSA) is 63.6 Å². The molecule has 0 aromatic heterocycles. The minimum absolute atomic E-state index is 0.148. The molecule has 1 N–H and O–H groups in total. The number of hydrogen-bond donors (Lipinski definition) is 1. The number of aryl methyl sites for hydroxylation is 1. The number of carbonyl (C=O) groups is 2. The fourth-order valence-electron chi connectivity index (χ4n) is 1.67. The highest BCUT2D eigenvalue weighted by Crippen LogP contribution is 2.25. The summed E-state index contributed by atoms with van der Waals surface area (Å²) < 4.78 is 5.02. The smallest absolute Gasteiger partial charge is 0.341 e. The fraction of sp³-hybridized carbons (Fsp3) is 0.273. The third-order valence-electron chi connectivity index (χ3n) is 2.36. The number of carboxylic acids is 1. The lowest BCUT2D eigenvalue weighted by Crippen LogP contribution is -2.09. The van der Waals surface area contributed by atoms with Crippen molar-refractivity contribution in [2.45, 2.75) is 12.8 Å². The van der Waals surface area contributed by atoms with Crippen LogP contribution < -0.4 is 4.74 Å². The van der Waals surface area contributed by atoms with E-state index in [-0.39, 0.29) is 12.4 Å². The van der Waals surface area contributed by atoms with Gasteiger partial charge in [0.15, 0.2) is 12.4 Å². The first-order chi connectivity index (χ1) is 7.16. The highest BCUT2D eigenvalue weighted by molar-refractivity contribution is 6.00. The molecule has 0 radical (unpaired) electrons. The molecule has 1 aromatic rings. The Labute approximate surface area is 86.5 Å². The molecular formula is C11H10O4. The molecule has 1 aliphatic rings. The quantitative estimate of drug-likeness (QED) is 0.809. The molecule has 0 saturated heterocycles. The zero-order valence-electron chi connectivity index (χ0n) is 8.03. The van der Waals surface area contributed by atoms with Gasteiger partial charge < -0.3 is 9.84 Å². The second kappa shape index (κ2) is 3.73. The normalized spacial score (nSPS) is 13.7. The molecule has 1 aliphatic carbocycles. The molecule has 0 fully saturated rings. The van der Waals surface area contributed by atoms with E-state index in [1.807, 2.05) is 0 Å². The van der Waals surface area contributed by atoms with Gasteiger partial charge in [0.2, 0.25) is 0 Å². The van der Waals surface area contributed by atoms with Crippen LogP contribution in [0.1, 0.15) is 22.3 Å². The van der Waals surface area contributed by atoms with E-state index in [4.69, 9.17) is 9.84 Å². The van der Waals surface area contributed by atoms with E-state index < -0.39 is 5.97 Å². The van der Waals surface area contributed by atoms with Crippen molar-refractivity contribution in [1.29, 1.82) is 0 Å². The van der Waals surface area contributed by atoms with Crippen molar-refractivity contribution >= 4 is 11.8 Å². The number of aliphatic carboxylic acids is 1. The zero-order chi connectivity index (χ0) is 10.8. The minimum Gasteiger partial charge on any atom is -0.482 e. The zero-order valence-corrected chi connectivity index (χ0v) is 8.03. The van der Waals surface area contributed by atoms with E-state index in [9.17, 15) is 9.59 Å². The minimum atomic E-state index is -1.01. The molecule has 0 amide bonds. The monoisotopic (exact) mass is 206 g/mol. The van der Waals surface area contributed by atoms with Crippen molar-refractivity contribution in [2.75, 3.05) is 6.61 Å². The Balaban J connectivity index is 2.16. The standard InChI is InChI=1S/C11H10O4/c12-10-4-1-7-5-8(2-3-9(7)10)15-6-11(13)14/h2-3,5H,1,4,6H2,(H,13,14). The first-order valence-corrected chi connectivity index (χ1v) is 4.67. The second-order valence-corrected chi connectivity index (χ2v) is 3.42. The lowest BCUT2D eigenvalue weighted by Gasteiger charge is -2.04. The number of benzene rings is 1. The van der Waals surface area contributed by atoms with Gasteiger partial charge in [-0.1, -0.05) is 0 Å². The molecule has 0 atom stereocenters. The molecule has 0 heterocycles. The number of ketones is 1. The van der Waals surface area contributed by atoms with Gasteiger partial charge in [-0.25, -0.2) is 4.79 Å². The summed E-state index contributed by atoms with van der Waals surface area (Å²) in [6, 6.07) is 5.07. The van der Waals surface area contributed by atoms with Crippen LogP contribution in [0, 0.1) is 0 Å². The predicted molar refractivity (Wildman–Crippen MR) is 52.2 cm³/mol. The van der Waals surface area contributed by atoms with Gasteiger partial charge in [0.05, 0.1) is 0 Å². The van der Waals surface area contributed by atoms with Gasteiger partial charge >= 0.3 is 5.97 Å². The van der Waals surface area contributed by atoms with E-state index in [2.05, 4.69) is 0 Å². The van der Waals surface area contributed by atoms with Crippen molar-refractivity contribution < 1.29 is 19.4 Å². The first kappa shape index (κ1) is 9.71. The Morgan fingerprint density at radius 2 is 2.20 bits per heavy atom. The molecule has 78 valence electrons. The van der Waals surface area contributed by atoms with Crippen LogP contribution in [0.15, 0.2) is 18.2 Å². The van der Waals surface area contributed by atoms with Crippen LogP contribution in [0.5, 0.6) is 5.75 Å². The van der Waals surface area contributed by atoms with Crippen LogP contribution in [0.3, 0.4) is 0 Å². The van der Waals surface area contributed by atoms with Gasteiger partial charge in [0, 0.05) is 12.0 Å². The Morgan fingerprint density at radius 1 is 1.40 bits per heavy atom. The van der Waals surface area contributed by atoms with E-state index in [1.54, 1.807) is 18.2 Å². The van der Waals surface area contributed by atoms with E-state index in [0.717, 1.165) is 17.5 Å². The molecule has 0 unspecified atom stereocenters. The number of carboxylic acid groups (broad SMARTS) is 1. The van der Waals surface area contributed by atoms with Gasteiger partial charge in [0.25, 0.3) is 0 Å². The van der Waals surface area contributed by atoms with Crippen molar-refractivity contribution in [1.82, 2.24) is 0 Å². The van der Waals surface area contributed by atoms with Crippen molar-refractivity contribution in [3.63, 3.8) is 0 Å². The van der Waals surface area contributed by atoms with Crippen LogP contribution in [0.2, 0.25) is 0 Å². The average molecular weight is 206 g/mol. The summed E-state index contributed by atoms with van der Waals surface area (Å²) in [5.41, 5.74) is 1.68. The highest BCUT2D eigenvalue weighted by Gasteiger charge is 2.19. The maximum Gasteiger partial charge on any atom is 0.341 e. The van der Waals surface area contributed by atoms with E-state index in [0.29, 0.717) is 12.2 Å². The highest BCUT2D eigenvalue weighted by atomic mass is 16.5. The van der Waals surface area contributed by atoms with Crippen LogP contribution in [-0.2, 0) is 11.2 Å². The summed E-state index contributed by atoms with van der Waals surface area (Å²) in [6.45, 7) is -0.354. The molecule has 0 aliphatic heterocycles. The molecule has 2 rings (SSSR count). The number of ether oxygens (including phenoxy) is 1. The largest absolute Gasteiger partial charge is 0.482 e. The molecule has 4 heteroatoms. The lowest BCUT2D eigenvalue weighted by atomic mass is 10.1. The summed E-state index contributed by atoms with van der Waals surface area (Å²) in [5.74, 6) is -0.354. The number of rotatable bonds is 3. The Hall–Kier alpha value is -1.84. The third-order valence-corrected chi connectivity index (χ3v) is 2.36. The van der Waals surface area contributed by atoms with Gasteiger partial charge in [-0.05, 0) is 30.2 Å². The van der Waals surface area contributed by atoms with Gasteiger partial charge in [-0.15, -0.1) is 0 Å². The Bertz CT molecular complexity index is 423. The summed E-state index contributed by atoms with van der Waals surface area (Å²) in [7, 11) is 0. The van der Waals surface area contributed by atoms with Gasteiger partial charge in [-0.2, -0.15) is 0 Å². The maximum absolute atomic E-state index is 11.3. The van der Waals surface area contributed by atoms with E-state index in [1.165, 1.54) is 0 Å². The summed E-state index contributed by atoms with van der Waals surface area (Å²) in [5, 5.41) is 8.43. The molecule has 0 saturated carbocycles. The molecule has 0 spiro atoms. The SMILES string of the molecule is O=C(O)COc1ccc2c(c1)CCC2=O. The lowest BCUT2D eigenvalue weighted by molar-refractivity contribution is -0.139. The van der Waals surface area contributed by atoms with Gasteiger partial charge in [0.1, 0.15) is 5.75 Å². The predicted octanol–water partition coefficient (Wildman–Crippen LogP) is 1.28. The molecule has 1 aromatic carbocycles. The summed E-state index contributed by atoms with van der Waals surface area (Å²) in [6.07, 6.45) is 1.26. The summed E-state index contributed by atoms with van der Waals surface area (Å²) >= 11 is 0. The summed E-state index contributed by atoms with van der Waals surface area (Å²) in [4.78, 5) is 21.6. The molecular weight excluding hydrogens is 196 g/mol. The first-order valence-electron chi connectivity index (χ1n) is 4.67. The number of Topliss-reactive ketones (excluding diaryl/α,β-unsaturated/α-hetero) is 1. The molecule has 15 heavy (non-hydrogen) atoms. The third kappa shape index (κ3) is 1.98. The second-order valence-electron chi connectivity index (χ2n) is 3.42. The molecule has 0 bridgehead atoms. The number of fused-ring (bicyclic) bond motifs is 1. The number of carbonyl (C=O) groups excluding carboxylic acids is 1. The van der Waals surface area contributed by atoms with Crippen molar-refractivity contribution in [2.24, 2.45) is 0 Å². The Kier molecular flexibility index (Phi) is 2.41. The number of hydrogen-bond acceptors (Lipinski definition) is 3. The van der Waals surface area contributed by atoms with Crippen LogP contribution in [0.25, 0.3) is 0 Å². The van der Waals surface area contributed by atoms with Crippen molar-refractivity contribution in [3.8, 4) is 5.75 Å². The Morgan fingerprint density at radius 3 is 2.93 bits per heavy atom. The maximum atomic E-state index is 11.3. The molecule has 4 nitrogen and oxygen atoms in total. The average Bonchev–Trinajstić information content (AvgIpc) is 2.57. The fourth-order valence-corrected chi connectivity index (χ4v) is 1.67. The van der Waals surface area contributed by atoms with Gasteiger partial charge in [-0.3, -0.25) is 4.79 Å². The van der Waals surface area contributed by atoms with E-state index >= 15 is 0 Å².